The number of anilines is 1. The number of phenols is 1. The molecule has 1 amide bonds. The van der Waals surface area contributed by atoms with Crippen molar-refractivity contribution in [1.82, 2.24) is 4.98 Å². The number of aromatic hydroxyl groups is 1. The van der Waals surface area contributed by atoms with E-state index in [1.54, 1.807) is 18.2 Å². The van der Waals surface area contributed by atoms with Gasteiger partial charge < -0.3 is 10.4 Å². The molecule has 2 N–H and O–H groups in total. The smallest absolute Gasteiger partial charge is 0.258 e. The second-order valence-electron chi connectivity index (χ2n) is 3.36. The molecule has 0 atom stereocenters. The van der Waals surface area contributed by atoms with E-state index in [-0.39, 0.29) is 11.7 Å². The molecule has 0 spiro atoms. The molecular weight excluding hydrogens is 240 g/mol. The van der Waals surface area contributed by atoms with Gasteiger partial charge in [0.25, 0.3) is 5.91 Å². The van der Waals surface area contributed by atoms with Crippen molar-refractivity contribution in [2.75, 3.05) is 5.32 Å². The van der Waals surface area contributed by atoms with E-state index in [2.05, 4.69) is 10.3 Å². The van der Waals surface area contributed by atoms with Crippen LogP contribution in [-0.4, -0.2) is 16.0 Å². The van der Waals surface area contributed by atoms with E-state index >= 15 is 0 Å². The fourth-order valence-electron chi connectivity index (χ4n) is 1.29. The van der Waals surface area contributed by atoms with Crippen molar-refractivity contribution >= 4 is 23.2 Å². The lowest BCUT2D eigenvalue weighted by Crippen LogP contribution is -2.12. The van der Waals surface area contributed by atoms with Crippen molar-refractivity contribution in [3.8, 4) is 5.75 Å². The molecule has 1 aromatic carbocycles. The van der Waals surface area contributed by atoms with E-state index in [0.717, 1.165) is 0 Å². The molecule has 0 bridgehead atoms. The summed E-state index contributed by atoms with van der Waals surface area (Å²) in [5, 5.41) is 12.1. The molecule has 0 aliphatic heterocycles. The second-order valence-corrected chi connectivity index (χ2v) is 3.76. The highest BCUT2D eigenvalue weighted by Gasteiger charge is 2.10. The molecule has 0 unspecified atom stereocenters. The normalized spacial score (nSPS) is 9.94. The van der Waals surface area contributed by atoms with Gasteiger partial charge in [-0.3, -0.25) is 9.78 Å². The van der Waals surface area contributed by atoms with E-state index in [1.807, 2.05) is 0 Å². The Hall–Kier alpha value is -2.07. The average molecular weight is 249 g/mol. The number of phenolic OH excluding ortho intramolecular Hbond substituents is 1. The lowest BCUT2D eigenvalue weighted by molar-refractivity contribution is 0.102. The number of nitrogens with one attached hydrogen (secondary N) is 1. The number of benzene rings is 1. The number of hydrogen-bond acceptors (Lipinski definition) is 3. The fraction of sp³-hybridized carbons (Fsp3) is 0. The van der Waals surface area contributed by atoms with E-state index in [4.69, 9.17) is 16.7 Å². The number of amides is 1. The molecule has 1 heterocycles. The van der Waals surface area contributed by atoms with Crippen molar-refractivity contribution in [1.29, 1.82) is 0 Å². The molecule has 0 aliphatic rings. The first kappa shape index (κ1) is 11.4. The van der Waals surface area contributed by atoms with E-state index < -0.39 is 0 Å². The van der Waals surface area contributed by atoms with Gasteiger partial charge in [0, 0.05) is 18.1 Å². The Kier molecular flexibility index (Phi) is 3.25. The molecule has 86 valence electrons. The van der Waals surface area contributed by atoms with Crippen molar-refractivity contribution in [3.63, 3.8) is 0 Å². The van der Waals surface area contributed by atoms with Crippen LogP contribution in [0, 0.1) is 0 Å². The molecule has 0 radical (unpaired) electrons. The third kappa shape index (κ3) is 2.73. The van der Waals surface area contributed by atoms with Crippen LogP contribution in [0.2, 0.25) is 5.02 Å². The van der Waals surface area contributed by atoms with Gasteiger partial charge in [0.15, 0.2) is 0 Å². The third-order valence-corrected chi connectivity index (χ3v) is 2.47. The largest absolute Gasteiger partial charge is 0.508 e. The predicted octanol–water partition coefficient (Wildman–Crippen LogP) is 2.69. The molecule has 0 fully saturated rings. The summed E-state index contributed by atoms with van der Waals surface area (Å²) in [6.45, 7) is 0. The molecule has 0 saturated heterocycles. The number of carbonyl (C=O) groups excluding carboxylic acids is 1. The first-order valence-electron chi connectivity index (χ1n) is 4.87. The van der Waals surface area contributed by atoms with Gasteiger partial charge >= 0.3 is 0 Å². The van der Waals surface area contributed by atoms with Crippen LogP contribution < -0.4 is 5.32 Å². The summed E-state index contributed by atoms with van der Waals surface area (Å²) in [7, 11) is 0. The Labute approximate surface area is 103 Å². The quantitative estimate of drug-likeness (QED) is 0.804. The number of nitrogens with zero attached hydrogens (tertiary/aromatic N) is 1. The summed E-state index contributed by atoms with van der Waals surface area (Å²) < 4.78 is 0. The van der Waals surface area contributed by atoms with Gasteiger partial charge in [-0.25, -0.2) is 0 Å². The second kappa shape index (κ2) is 4.84. The number of halogens is 1. The van der Waals surface area contributed by atoms with Crippen molar-refractivity contribution < 1.29 is 9.90 Å². The Balaban J connectivity index is 2.17. The van der Waals surface area contributed by atoms with Gasteiger partial charge in [0.2, 0.25) is 0 Å². The van der Waals surface area contributed by atoms with Crippen LogP contribution in [0.3, 0.4) is 0 Å². The molecule has 4 nitrogen and oxygen atoms in total. The topological polar surface area (TPSA) is 62.2 Å². The first-order valence-corrected chi connectivity index (χ1v) is 5.24. The van der Waals surface area contributed by atoms with Crippen LogP contribution in [0.5, 0.6) is 5.75 Å². The minimum atomic E-state index is -0.339. The minimum Gasteiger partial charge on any atom is -0.508 e. The highest BCUT2D eigenvalue weighted by molar-refractivity contribution is 6.34. The molecule has 1 aromatic heterocycles. The maximum absolute atomic E-state index is 11.8. The van der Waals surface area contributed by atoms with Crippen molar-refractivity contribution in [3.05, 3.63) is 53.3 Å². The fourth-order valence-corrected chi connectivity index (χ4v) is 1.48. The monoisotopic (exact) mass is 248 g/mol. The van der Waals surface area contributed by atoms with E-state index in [0.29, 0.717) is 16.3 Å². The third-order valence-electron chi connectivity index (χ3n) is 2.14. The zero-order valence-corrected chi connectivity index (χ0v) is 9.48. The summed E-state index contributed by atoms with van der Waals surface area (Å²) in [5.41, 5.74) is 0.884. The van der Waals surface area contributed by atoms with Gasteiger partial charge in [-0.2, -0.15) is 0 Å². The summed E-state index contributed by atoms with van der Waals surface area (Å²) in [4.78, 5) is 15.7. The number of carbonyl (C=O) groups is 1. The summed E-state index contributed by atoms with van der Waals surface area (Å²) in [6.07, 6.45) is 2.91. The summed E-state index contributed by atoms with van der Waals surface area (Å²) in [5.74, 6) is -0.198. The molecule has 0 saturated carbocycles. The van der Waals surface area contributed by atoms with Crippen molar-refractivity contribution in [2.24, 2.45) is 0 Å². The lowest BCUT2D eigenvalue weighted by Gasteiger charge is -2.06. The molecule has 2 rings (SSSR count). The number of pyridine rings is 1. The van der Waals surface area contributed by atoms with Crippen LogP contribution in [0.1, 0.15) is 10.4 Å². The maximum Gasteiger partial charge on any atom is 0.258 e. The summed E-state index contributed by atoms with van der Waals surface area (Å²) in [6, 6.07) is 7.71. The van der Waals surface area contributed by atoms with Gasteiger partial charge in [-0.1, -0.05) is 11.6 Å². The summed E-state index contributed by atoms with van der Waals surface area (Å²) >= 11 is 5.87. The van der Waals surface area contributed by atoms with Crippen LogP contribution in [-0.2, 0) is 0 Å². The molecule has 5 heteroatoms. The Bertz CT molecular complexity index is 540. The lowest BCUT2D eigenvalue weighted by atomic mass is 10.2. The highest BCUT2D eigenvalue weighted by atomic mass is 35.5. The van der Waals surface area contributed by atoms with Crippen LogP contribution >= 0.6 is 11.6 Å². The first-order chi connectivity index (χ1) is 8.16. The standard InChI is InChI=1S/C12H9ClN2O2/c13-11-5-6-14-7-10(11)12(17)15-8-1-3-9(16)4-2-8/h1-7,16H,(H,15,17). The Morgan fingerprint density at radius 2 is 1.94 bits per heavy atom. The van der Waals surface area contributed by atoms with Crippen LogP contribution in [0.25, 0.3) is 0 Å². The molecule has 2 aromatic rings. The van der Waals surface area contributed by atoms with Gasteiger partial charge in [0.1, 0.15) is 5.75 Å². The number of hydrogen-bond donors (Lipinski definition) is 2. The Morgan fingerprint density at radius 1 is 1.24 bits per heavy atom. The molecule has 0 aliphatic carbocycles. The van der Waals surface area contributed by atoms with Crippen molar-refractivity contribution in [2.45, 2.75) is 0 Å². The zero-order chi connectivity index (χ0) is 12.3. The SMILES string of the molecule is O=C(Nc1ccc(O)cc1)c1cnccc1Cl. The Morgan fingerprint density at radius 3 is 2.59 bits per heavy atom. The highest BCUT2D eigenvalue weighted by Crippen LogP contribution is 2.17. The van der Waals surface area contributed by atoms with Gasteiger partial charge in [-0.05, 0) is 30.3 Å². The minimum absolute atomic E-state index is 0.141. The van der Waals surface area contributed by atoms with Crippen LogP contribution in [0.15, 0.2) is 42.7 Å². The molecular formula is C12H9ClN2O2. The molecule has 17 heavy (non-hydrogen) atoms. The number of rotatable bonds is 2. The van der Waals surface area contributed by atoms with Gasteiger partial charge in [-0.15, -0.1) is 0 Å². The maximum atomic E-state index is 11.8. The number of aromatic nitrogens is 1. The zero-order valence-electron chi connectivity index (χ0n) is 8.72. The van der Waals surface area contributed by atoms with E-state index in [1.165, 1.54) is 24.5 Å². The van der Waals surface area contributed by atoms with Crippen LogP contribution in [0.4, 0.5) is 5.69 Å². The average Bonchev–Trinajstić information content (AvgIpc) is 2.32. The predicted molar refractivity (Wildman–Crippen MR) is 65.3 cm³/mol. The van der Waals surface area contributed by atoms with Gasteiger partial charge in [0.05, 0.1) is 10.6 Å². The van der Waals surface area contributed by atoms with E-state index in [9.17, 15) is 4.79 Å².